The molecule has 0 spiro atoms. The maximum atomic E-state index is 12.1. The van der Waals surface area contributed by atoms with Crippen molar-refractivity contribution in [2.45, 2.75) is 13.3 Å². The summed E-state index contributed by atoms with van der Waals surface area (Å²) in [6.45, 7) is 1.75. The monoisotopic (exact) mass is 395 g/mol. The Kier molecular flexibility index (Phi) is 6.75. The summed E-state index contributed by atoms with van der Waals surface area (Å²) < 4.78 is 0. The molecule has 0 bridgehead atoms. The van der Waals surface area contributed by atoms with Crippen molar-refractivity contribution in [3.05, 3.63) is 58.1 Å². The van der Waals surface area contributed by atoms with E-state index in [4.69, 9.17) is 35.4 Å². The second-order valence-corrected chi connectivity index (χ2v) is 6.27. The summed E-state index contributed by atoms with van der Waals surface area (Å²) >= 11 is 17.1. The minimum atomic E-state index is -0.397. The minimum absolute atomic E-state index is 0.0749. The molecule has 0 fully saturated rings. The summed E-state index contributed by atoms with van der Waals surface area (Å²) in [7, 11) is 0. The molecule has 0 saturated heterocycles. The second-order valence-electron chi connectivity index (χ2n) is 5.01. The molecule has 2 aromatic rings. The molecule has 0 saturated carbocycles. The summed E-state index contributed by atoms with van der Waals surface area (Å²) in [4.78, 5) is 23.6. The zero-order chi connectivity index (χ0) is 18.4. The number of halogens is 2. The van der Waals surface area contributed by atoms with E-state index in [1.807, 2.05) is 0 Å². The summed E-state index contributed by atoms with van der Waals surface area (Å²) in [5.41, 5.74) is 1.42. The molecule has 0 aromatic heterocycles. The Labute approximate surface area is 160 Å². The molecule has 0 atom stereocenters. The van der Waals surface area contributed by atoms with E-state index in [2.05, 4.69) is 16.0 Å². The van der Waals surface area contributed by atoms with Gasteiger partial charge in [-0.15, -0.1) is 0 Å². The van der Waals surface area contributed by atoms with Gasteiger partial charge in [-0.05, 0) is 48.6 Å². The van der Waals surface area contributed by atoms with Crippen LogP contribution in [0.4, 0.5) is 11.4 Å². The molecule has 0 aliphatic carbocycles. The smallest absolute Gasteiger partial charge is 0.257 e. The van der Waals surface area contributed by atoms with Gasteiger partial charge in [0, 0.05) is 22.7 Å². The van der Waals surface area contributed by atoms with Crippen molar-refractivity contribution in [2.24, 2.45) is 0 Å². The van der Waals surface area contributed by atoms with E-state index in [-0.39, 0.29) is 11.0 Å². The van der Waals surface area contributed by atoms with Gasteiger partial charge in [0.1, 0.15) is 0 Å². The maximum absolute atomic E-state index is 12.1. The number of nitrogens with one attached hydrogen (secondary N) is 3. The second kappa shape index (κ2) is 8.80. The van der Waals surface area contributed by atoms with Crippen molar-refractivity contribution >= 4 is 63.7 Å². The number of thiocarbonyl (C=S) groups is 1. The molecule has 0 aliphatic rings. The van der Waals surface area contributed by atoms with Gasteiger partial charge in [0.05, 0.1) is 10.7 Å². The molecule has 5 nitrogen and oxygen atoms in total. The van der Waals surface area contributed by atoms with E-state index >= 15 is 0 Å². The molecule has 0 unspecified atom stereocenters. The van der Waals surface area contributed by atoms with E-state index in [0.717, 1.165) is 0 Å². The van der Waals surface area contributed by atoms with E-state index in [1.54, 1.807) is 43.3 Å². The third-order valence-electron chi connectivity index (χ3n) is 3.13. The van der Waals surface area contributed by atoms with Crippen LogP contribution in [-0.4, -0.2) is 16.9 Å². The molecule has 2 rings (SSSR count). The van der Waals surface area contributed by atoms with Crippen LogP contribution in [-0.2, 0) is 4.79 Å². The first-order chi connectivity index (χ1) is 11.9. The van der Waals surface area contributed by atoms with Crippen molar-refractivity contribution in [3.8, 4) is 0 Å². The van der Waals surface area contributed by atoms with Gasteiger partial charge in [0.15, 0.2) is 5.11 Å². The predicted octanol–water partition coefficient (Wildman–Crippen LogP) is 4.47. The Hall–Kier alpha value is -2.15. The summed E-state index contributed by atoms with van der Waals surface area (Å²) in [6, 6.07) is 11.4. The van der Waals surface area contributed by atoms with E-state index in [9.17, 15) is 9.59 Å². The lowest BCUT2D eigenvalue weighted by Crippen LogP contribution is -2.34. The van der Waals surface area contributed by atoms with Crippen molar-refractivity contribution in [2.75, 3.05) is 10.6 Å². The number of hydrogen-bond donors (Lipinski definition) is 3. The van der Waals surface area contributed by atoms with Crippen LogP contribution in [0.1, 0.15) is 23.7 Å². The van der Waals surface area contributed by atoms with Gasteiger partial charge < -0.3 is 10.6 Å². The molecule has 2 aromatic carbocycles. The van der Waals surface area contributed by atoms with Crippen molar-refractivity contribution in [1.29, 1.82) is 0 Å². The predicted molar refractivity (Wildman–Crippen MR) is 106 cm³/mol. The molecule has 2 amide bonds. The number of carbonyl (C=O) groups is 2. The number of rotatable bonds is 4. The third kappa shape index (κ3) is 5.70. The number of hydrogen-bond acceptors (Lipinski definition) is 3. The first-order valence-electron chi connectivity index (χ1n) is 7.36. The Morgan fingerprint density at radius 1 is 1.08 bits per heavy atom. The molecular formula is C17H15Cl2N3O2S. The first kappa shape index (κ1) is 19.2. The normalized spacial score (nSPS) is 10.0. The molecular weight excluding hydrogens is 381 g/mol. The van der Waals surface area contributed by atoms with Crippen LogP contribution in [0.15, 0.2) is 42.5 Å². The minimum Gasteiger partial charge on any atom is -0.331 e. The zero-order valence-electron chi connectivity index (χ0n) is 13.2. The highest BCUT2D eigenvalue weighted by Crippen LogP contribution is 2.25. The lowest BCUT2D eigenvalue weighted by atomic mass is 10.2. The molecule has 25 heavy (non-hydrogen) atoms. The Morgan fingerprint density at radius 3 is 2.52 bits per heavy atom. The SMILES string of the molecule is CCC(=O)Nc1ccc(Cl)c(NC(=S)NC(=O)c2cccc(Cl)c2)c1. The topological polar surface area (TPSA) is 70.2 Å². The van der Waals surface area contributed by atoms with Crippen LogP contribution in [0.2, 0.25) is 10.0 Å². The molecule has 130 valence electrons. The molecule has 8 heteroatoms. The highest BCUT2D eigenvalue weighted by atomic mass is 35.5. The highest BCUT2D eigenvalue weighted by molar-refractivity contribution is 7.80. The van der Waals surface area contributed by atoms with Gasteiger partial charge >= 0.3 is 0 Å². The quantitative estimate of drug-likeness (QED) is 0.667. The number of anilines is 2. The van der Waals surface area contributed by atoms with Crippen LogP contribution in [0.5, 0.6) is 0 Å². The summed E-state index contributed by atoms with van der Waals surface area (Å²) in [5.74, 6) is -0.517. The lowest BCUT2D eigenvalue weighted by Gasteiger charge is -2.13. The fraction of sp³-hybridized carbons (Fsp3) is 0.118. The van der Waals surface area contributed by atoms with E-state index in [1.165, 1.54) is 6.07 Å². The van der Waals surface area contributed by atoms with Gasteiger partial charge in [-0.2, -0.15) is 0 Å². The van der Waals surface area contributed by atoms with Gasteiger partial charge in [0.25, 0.3) is 5.91 Å². The van der Waals surface area contributed by atoms with Crippen LogP contribution >= 0.6 is 35.4 Å². The van der Waals surface area contributed by atoms with E-state index in [0.29, 0.717) is 33.4 Å². The van der Waals surface area contributed by atoms with Crippen molar-refractivity contribution in [3.63, 3.8) is 0 Å². The third-order valence-corrected chi connectivity index (χ3v) is 3.90. The standard InChI is InChI=1S/C17H15Cl2N3O2S/c1-2-15(23)20-12-6-7-13(19)14(9-12)21-17(25)22-16(24)10-4-3-5-11(18)8-10/h3-9H,2H2,1H3,(H,20,23)(H2,21,22,24,25). The lowest BCUT2D eigenvalue weighted by molar-refractivity contribution is -0.115. The molecule has 0 radical (unpaired) electrons. The average molecular weight is 396 g/mol. The van der Waals surface area contributed by atoms with Crippen LogP contribution in [0.25, 0.3) is 0 Å². The Bertz CT molecular complexity index is 827. The first-order valence-corrected chi connectivity index (χ1v) is 8.52. The number of carbonyl (C=O) groups excluding carboxylic acids is 2. The summed E-state index contributed by atoms with van der Waals surface area (Å²) in [5, 5.41) is 9.03. The fourth-order valence-corrected chi connectivity index (χ4v) is 2.46. The maximum Gasteiger partial charge on any atom is 0.257 e. The van der Waals surface area contributed by atoms with Gasteiger partial charge in [0.2, 0.25) is 5.91 Å². The van der Waals surface area contributed by atoms with Crippen molar-refractivity contribution < 1.29 is 9.59 Å². The van der Waals surface area contributed by atoms with Gasteiger partial charge in [-0.3, -0.25) is 14.9 Å². The average Bonchev–Trinajstić information content (AvgIpc) is 2.57. The van der Waals surface area contributed by atoms with Crippen LogP contribution in [0, 0.1) is 0 Å². The van der Waals surface area contributed by atoms with Gasteiger partial charge in [-0.25, -0.2) is 0 Å². The Balaban J connectivity index is 2.05. The van der Waals surface area contributed by atoms with Gasteiger partial charge in [-0.1, -0.05) is 36.2 Å². The largest absolute Gasteiger partial charge is 0.331 e. The van der Waals surface area contributed by atoms with E-state index < -0.39 is 5.91 Å². The Morgan fingerprint density at radius 2 is 1.84 bits per heavy atom. The summed E-state index contributed by atoms with van der Waals surface area (Å²) in [6.07, 6.45) is 0.361. The molecule has 3 N–H and O–H groups in total. The van der Waals surface area contributed by atoms with Crippen molar-refractivity contribution in [1.82, 2.24) is 5.32 Å². The number of benzene rings is 2. The van der Waals surface area contributed by atoms with Crippen LogP contribution in [0.3, 0.4) is 0 Å². The fourth-order valence-electron chi connectivity index (χ4n) is 1.91. The highest BCUT2D eigenvalue weighted by Gasteiger charge is 2.10. The molecule has 0 heterocycles. The van der Waals surface area contributed by atoms with Crippen LogP contribution < -0.4 is 16.0 Å². The molecule has 0 aliphatic heterocycles. The zero-order valence-corrected chi connectivity index (χ0v) is 15.6. The number of amides is 2.